The van der Waals surface area contributed by atoms with E-state index in [0.717, 1.165) is 31.7 Å². The highest BCUT2D eigenvalue weighted by Gasteiger charge is 2.21. The lowest BCUT2D eigenvalue weighted by molar-refractivity contribution is -0.124. The molecule has 0 radical (unpaired) electrons. The van der Waals surface area contributed by atoms with Crippen LogP contribution in [0.1, 0.15) is 23.2 Å². The number of nitrogens with zero attached hydrogens (tertiary/aromatic N) is 2. The van der Waals surface area contributed by atoms with Gasteiger partial charge in [0.25, 0.3) is 5.91 Å². The predicted molar refractivity (Wildman–Crippen MR) is 101 cm³/mol. The van der Waals surface area contributed by atoms with Crippen LogP contribution in [0.4, 0.5) is 5.82 Å². The first-order chi connectivity index (χ1) is 13.2. The van der Waals surface area contributed by atoms with E-state index in [0.29, 0.717) is 24.5 Å². The Morgan fingerprint density at radius 3 is 2.63 bits per heavy atom. The van der Waals surface area contributed by atoms with Crippen molar-refractivity contribution < 1.29 is 19.1 Å². The van der Waals surface area contributed by atoms with Crippen molar-refractivity contribution in [1.29, 1.82) is 0 Å². The highest BCUT2D eigenvalue weighted by atomic mass is 16.5. The molecular weight excluding hydrogens is 346 g/mol. The minimum absolute atomic E-state index is 0.331. The van der Waals surface area contributed by atoms with E-state index in [2.05, 4.69) is 15.2 Å². The summed E-state index contributed by atoms with van der Waals surface area (Å²) in [5, 5.41) is 2.66. The molecule has 1 aromatic carbocycles. The quantitative estimate of drug-likeness (QED) is 0.566. The van der Waals surface area contributed by atoms with Crippen LogP contribution in [0.15, 0.2) is 48.7 Å². The number of benzene rings is 1. The molecule has 1 N–H and O–H groups in total. The number of hydrogen-bond donors (Lipinski definition) is 1. The minimum Gasteiger partial charge on any atom is -0.492 e. The average molecular weight is 369 g/mol. The van der Waals surface area contributed by atoms with Gasteiger partial charge in [0.15, 0.2) is 6.61 Å². The number of ether oxygens (including phenoxy) is 2. The fourth-order valence-electron chi connectivity index (χ4n) is 2.87. The van der Waals surface area contributed by atoms with Crippen LogP contribution in [0.5, 0.6) is 5.75 Å². The molecule has 0 bridgehead atoms. The van der Waals surface area contributed by atoms with Gasteiger partial charge in [-0.3, -0.25) is 4.79 Å². The minimum atomic E-state index is -0.541. The zero-order chi connectivity index (χ0) is 18.9. The van der Waals surface area contributed by atoms with Gasteiger partial charge in [-0.15, -0.1) is 0 Å². The molecule has 0 saturated carbocycles. The second kappa shape index (κ2) is 9.56. The maximum absolute atomic E-state index is 12.3. The first-order valence-corrected chi connectivity index (χ1v) is 9.05. The SMILES string of the molecule is O=C(COC(=O)c1cccnc1N1CCCC1)NCCOc1ccccc1. The molecule has 1 saturated heterocycles. The van der Waals surface area contributed by atoms with Crippen molar-refractivity contribution in [2.24, 2.45) is 0 Å². The van der Waals surface area contributed by atoms with Crippen LogP contribution in [0.25, 0.3) is 0 Å². The van der Waals surface area contributed by atoms with Crippen molar-refractivity contribution in [1.82, 2.24) is 10.3 Å². The number of rotatable bonds is 8. The number of anilines is 1. The van der Waals surface area contributed by atoms with E-state index in [1.54, 1.807) is 18.3 Å². The molecule has 7 nitrogen and oxygen atoms in total. The molecule has 1 aromatic heterocycles. The first kappa shape index (κ1) is 18.7. The largest absolute Gasteiger partial charge is 0.492 e. The van der Waals surface area contributed by atoms with Gasteiger partial charge in [0.1, 0.15) is 23.7 Å². The molecule has 0 atom stereocenters. The molecule has 2 heterocycles. The Labute approximate surface area is 158 Å². The number of esters is 1. The Kier molecular flexibility index (Phi) is 6.62. The van der Waals surface area contributed by atoms with Crippen molar-refractivity contribution in [3.05, 3.63) is 54.2 Å². The van der Waals surface area contributed by atoms with E-state index in [4.69, 9.17) is 9.47 Å². The summed E-state index contributed by atoms with van der Waals surface area (Å²) in [5.41, 5.74) is 0.389. The molecule has 142 valence electrons. The van der Waals surface area contributed by atoms with Crippen LogP contribution in [0.3, 0.4) is 0 Å². The Hall–Kier alpha value is -3.09. The van der Waals surface area contributed by atoms with Gasteiger partial charge in [-0.2, -0.15) is 0 Å². The van der Waals surface area contributed by atoms with Gasteiger partial charge in [0.2, 0.25) is 0 Å². The van der Waals surface area contributed by atoms with Crippen LogP contribution >= 0.6 is 0 Å². The van der Waals surface area contributed by atoms with Gasteiger partial charge >= 0.3 is 5.97 Å². The van der Waals surface area contributed by atoms with Crippen molar-refractivity contribution in [3.63, 3.8) is 0 Å². The van der Waals surface area contributed by atoms with Crippen LogP contribution in [0, 0.1) is 0 Å². The highest BCUT2D eigenvalue weighted by molar-refractivity contribution is 5.96. The molecule has 0 aliphatic carbocycles. The Bertz CT molecular complexity index is 761. The van der Waals surface area contributed by atoms with Crippen LogP contribution in [0.2, 0.25) is 0 Å². The normalized spacial score (nSPS) is 13.3. The lowest BCUT2D eigenvalue weighted by atomic mass is 10.2. The fraction of sp³-hybridized carbons (Fsp3) is 0.350. The second-order valence-corrected chi connectivity index (χ2v) is 6.16. The molecule has 7 heteroatoms. The van der Waals surface area contributed by atoms with Gasteiger partial charge in [0.05, 0.1) is 6.54 Å². The van der Waals surface area contributed by atoms with Gasteiger partial charge in [-0.05, 0) is 37.1 Å². The average Bonchev–Trinajstić information content (AvgIpc) is 3.25. The van der Waals surface area contributed by atoms with Crippen molar-refractivity contribution >= 4 is 17.7 Å². The smallest absolute Gasteiger partial charge is 0.342 e. The van der Waals surface area contributed by atoms with Gasteiger partial charge in [0, 0.05) is 19.3 Å². The van der Waals surface area contributed by atoms with E-state index >= 15 is 0 Å². The molecule has 2 aromatic rings. The Morgan fingerprint density at radius 2 is 1.85 bits per heavy atom. The fourth-order valence-corrected chi connectivity index (χ4v) is 2.87. The third-order valence-corrected chi connectivity index (χ3v) is 4.18. The van der Waals surface area contributed by atoms with Crippen LogP contribution in [-0.2, 0) is 9.53 Å². The number of pyridine rings is 1. The molecule has 1 aliphatic rings. The number of nitrogens with one attached hydrogen (secondary N) is 1. The summed E-state index contributed by atoms with van der Waals surface area (Å²) < 4.78 is 10.6. The van der Waals surface area contributed by atoms with Crippen molar-refractivity contribution in [2.45, 2.75) is 12.8 Å². The first-order valence-electron chi connectivity index (χ1n) is 9.05. The third-order valence-electron chi connectivity index (χ3n) is 4.18. The molecule has 27 heavy (non-hydrogen) atoms. The molecule has 0 unspecified atom stereocenters. The highest BCUT2D eigenvalue weighted by Crippen LogP contribution is 2.22. The summed E-state index contributed by atoms with van der Waals surface area (Å²) in [7, 11) is 0. The number of carbonyl (C=O) groups is 2. The molecule has 1 amide bonds. The second-order valence-electron chi connectivity index (χ2n) is 6.16. The van der Waals surface area contributed by atoms with E-state index < -0.39 is 5.97 Å². The molecule has 3 rings (SSSR count). The van der Waals surface area contributed by atoms with Gasteiger partial charge in [-0.25, -0.2) is 9.78 Å². The predicted octanol–water partition coefficient (Wildman–Crippen LogP) is 2.03. The lowest BCUT2D eigenvalue weighted by Gasteiger charge is -2.18. The van der Waals surface area contributed by atoms with E-state index in [1.165, 1.54) is 0 Å². The zero-order valence-electron chi connectivity index (χ0n) is 15.1. The zero-order valence-corrected chi connectivity index (χ0v) is 15.1. The Morgan fingerprint density at radius 1 is 1.07 bits per heavy atom. The lowest BCUT2D eigenvalue weighted by Crippen LogP contribution is -2.32. The van der Waals surface area contributed by atoms with E-state index in [9.17, 15) is 9.59 Å². The van der Waals surface area contributed by atoms with Gasteiger partial charge in [-0.1, -0.05) is 18.2 Å². The van der Waals surface area contributed by atoms with E-state index in [1.807, 2.05) is 30.3 Å². The van der Waals surface area contributed by atoms with Gasteiger partial charge < -0.3 is 19.7 Å². The summed E-state index contributed by atoms with van der Waals surface area (Å²) in [6, 6.07) is 12.7. The Balaban J connectivity index is 1.42. The summed E-state index contributed by atoms with van der Waals surface area (Å²) in [6.45, 7) is 2.08. The third kappa shape index (κ3) is 5.44. The summed E-state index contributed by atoms with van der Waals surface area (Å²) in [5.74, 6) is 0.452. The van der Waals surface area contributed by atoms with Crippen LogP contribution in [-0.4, -0.2) is 49.7 Å². The number of aromatic nitrogens is 1. The number of carbonyl (C=O) groups excluding carboxylic acids is 2. The summed E-state index contributed by atoms with van der Waals surface area (Å²) in [6.07, 6.45) is 3.82. The monoisotopic (exact) mass is 369 g/mol. The molecule has 1 fully saturated rings. The maximum Gasteiger partial charge on any atom is 0.342 e. The molecule has 0 spiro atoms. The number of para-hydroxylation sites is 1. The topological polar surface area (TPSA) is 80.8 Å². The number of hydrogen-bond acceptors (Lipinski definition) is 6. The summed E-state index contributed by atoms with van der Waals surface area (Å²) >= 11 is 0. The summed E-state index contributed by atoms with van der Waals surface area (Å²) in [4.78, 5) is 30.6. The van der Waals surface area contributed by atoms with Crippen molar-refractivity contribution in [3.8, 4) is 5.75 Å². The standard InChI is InChI=1S/C20H23N3O4/c24-18(21-11-14-26-16-7-2-1-3-8-16)15-27-20(25)17-9-6-10-22-19(17)23-12-4-5-13-23/h1-3,6-10H,4-5,11-15H2,(H,21,24). The maximum atomic E-state index is 12.3. The number of amides is 1. The van der Waals surface area contributed by atoms with Crippen LogP contribution < -0.4 is 15.0 Å². The molecule has 1 aliphatic heterocycles. The molecular formula is C20H23N3O4. The van der Waals surface area contributed by atoms with Crippen molar-refractivity contribution in [2.75, 3.05) is 37.7 Å². The van der Waals surface area contributed by atoms with E-state index in [-0.39, 0.29) is 12.5 Å².